The van der Waals surface area contributed by atoms with Crippen molar-refractivity contribution >= 4 is 11.3 Å². The van der Waals surface area contributed by atoms with E-state index >= 15 is 0 Å². The predicted molar refractivity (Wildman–Crippen MR) is 84.6 cm³/mol. The molecule has 0 saturated heterocycles. The van der Waals surface area contributed by atoms with E-state index in [9.17, 15) is 0 Å². The van der Waals surface area contributed by atoms with Crippen LogP contribution in [0.5, 0.6) is 5.75 Å². The van der Waals surface area contributed by atoms with Crippen LogP contribution in [0.2, 0.25) is 0 Å². The van der Waals surface area contributed by atoms with Gasteiger partial charge in [0, 0.05) is 17.8 Å². The van der Waals surface area contributed by atoms with Gasteiger partial charge in [-0.3, -0.25) is 0 Å². The highest BCUT2D eigenvalue weighted by molar-refractivity contribution is 7.09. The number of rotatable bonds is 7. The molecular formula is C16H22N2OS. The molecule has 1 aromatic heterocycles. The van der Waals surface area contributed by atoms with Crippen molar-refractivity contribution < 1.29 is 4.74 Å². The summed E-state index contributed by atoms with van der Waals surface area (Å²) in [5.41, 5.74) is 2.44. The number of aromatic nitrogens is 1. The van der Waals surface area contributed by atoms with Gasteiger partial charge in [0.25, 0.3) is 0 Å². The molecule has 0 bridgehead atoms. The van der Waals surface area contributed by atoms with Crippen LogP contribution >= 0.6 is 11.3 Å². The Kier molecular flexibility index (Phi) is 5.56. The van der Waals surface area contributed by atoms with Crippen LogP contribution in [0, 0.1) is 6.92 Å². The van der Waals surface area contributed by atoms with Gasteiger partial charge in [-0.25, -0.2) is 4.98 Å². The molecule has 1 atom stereocenters. The van der Waals surface area contributed by atoms with Gasteiger partial charge in [-0.1, -0.05) is 19.1 Å². The maximum Gasteiger partial charge on any atom is 0.119 e. The first-order valence-corrected chi connectivity index (χ1v) is 7.98. The summed E-state index contributed by atoms with van der Waals surface area (Å²) >= 11 is 1.71. The summed E-state index contributed by atoms with van der Waals surface area (Å²) in [5.74, 6) is 0.927. The van der Waals surface area contributed by atoms with Gasteiger partial charge in [0.2, 0.25) is 0 Å². The summed E-state index contributed by atoms with van der Waals surface area (Å²) in [6.45, 7) is 7.83. The van der Waals surface area contributed by atoms with E-state index < -0.39 is 0 Å². The van der Waals surface area contributed by atoms with E-state index in [0.717, 1.165) is 29.4 Å². The van der Waals surface area contributed by atoms with Crippen molar-refractivity contribution in [3.63, 3.8) is 0 Å². The smallest absolute Gasteiger partial charge is 0.119 e. The van der Waals surface area contributed by atoms with E-state index in [0.29, 0.717) is 12.6 Å². The lowest BCUT2D eigenvalue weighted by Gasteiger charge is -2.18. The number of aryl methyl sites for hydroxylation is 1. The molecule has 0 saturated carbocycles. The van der Waals surface area contributed by atoms with Gasteiger partial charge in [-0.2, -0.15) is 0 Å². The van der Waals surface area contributed by atoms with Crippen LogP contribution in [0.1, 0.15) is 36.2 Å². The van der Waals surface area contributed by atoms with Crippen molar-refractivity contribution in [3.05, 3.63) is 45.9 Å². The molecular weight excluding hydrogens is 268 g/mol. The first-order valence-electron chi connectivity index (χ1n) is 7.10. The maximum absolute atomic E-state index is 5.49. The Hall–Kier alpha value is -1.39. The van der Waals surface area contributed by atoms with Crippen LogP contribution in [0.3, 0.4) is 0 Å². The predicted octanol–water partition coefficient (Wildman–Crippen LogP) is 3.74. The van der Waals surface area contributed by atoms with E-state index in [4.69, 9.17) is 4.74 Å². The Balaban J connectivity index is 2.10. The highest BCUT2D eigenvalue weighted by Gasteiger charge is 2.13. The quantitative estimate of drug-likeness (QED) is 0.843. The average Bonchev–Trinajstić information content (AvgIpc) is 2.85. The topological polar surface area (TPSA) is 34.2 Å². The number of ether oxygens (including phenoxy) is 1. The van der Waals surface area contributed by atoms with E-state index in [-0.39, 0.29) is 0 Å². The summed E-state index contributed by atoms with van der Waals surface area (Å²) in [5, 5.41) is 6.81. The monoisotopic (exact) mass is 290 g/mol. The van der Waals surface area contributed by atoms with Gasteiger partial charge >= 0.3 is 0 Å². The molecule has 1 heterocycles. The summed E-state index contributed by atoms with van der Waals surface area (Å²) in [6, 6.07) is 8.65. The summed E-state index contributed by atoms with van der Waals surface area (Å²) in [7, 11) is 0. The van der Waals surface area contributed by atoms with Crippen LogP contribution in [-0.2, 0) is 6.42 Å². The molecule has 0 spiro atoms. The molecule has 0 aliphatic rings. The number of nitrogens with one attached hydrogen (secondary N) is 1. The van der Waals surface area contributed by atoms with E-state index in [1.807, 2.05) is 26.0 Å². The van der Waals surface area contributed by atoms with Gasteiger partial charge in [0.15, 0.2) is 0 Å². The second-order valence-electron chi connectivity index (χ2n) is 4.67. The molecule has 2 rings (SSSR count). The standard InChI is InChI=1S/C16H22N2OS/c1-4-17-16(10-14-11-20-12(3)18-14)13-6-8-15(9-7-13)19-5-2/h6-9,11,16-17H,4-5,10H2,1-3H3. The number of likely N-dealkylation sites (N-methyl/N-ethyl adjacent to an activating group) is 1. The van der Waals surface area contributed by atoms with Crippen molar-refractivity contribution in [1.82, 2.24) is 10.3 Å². The van der Waals surface area contributed by atoms with Crippen LogP contribution in [0.15, 0.2) is 29.6 Å². The number of thiazole rings is 1. The van der Waals surface area contributed by atoms with E-state index in [1.165, 1.54) is 5.56 Å². The number of hydrogen-bond acceptors (Lipinski definition) is 4. The van der Waals surface area contributed by atoms with Crippen molar-refractivity contribution in [1.29, 1.82) is 0 Å². The lowest BCUT2D eigenvalue weighted by Crippen LogP contribution is -2.23. The lowest BCUT2D eigenvalue weighted by atomic mass is 10.0. The second kappa shape index (κ2) is 7.41. The van der Waals surface area contributed by atoms with Crippen LogP contribution in [0.25, 0.3) is 0 Å². The maximum atomic E-state index is 5.49. The van der Waals surface area contributed by atoms with Crippen LogP contribution in [0.4, 0.5) is 0 Å². The van der Waals surface area contributed by atoms with E-state index in [2.05, 4.69) is 34.7 Å². The molecule has 0 aliphatic carbocycles. The molecule has 0 amide bonds. The highest BCUT2D eigenvalue weighted by atomic mass is 32.1. The Morgan fingerprint density at radius 2 is 2.00 bits per heavy atom. The molecule has 2 aromatic rings. The summed E-state index contributed by atoms with van der Waals surface area (Å²) < 4.78 is 5.49. The number of hydrogen-bond donors (Lipinski definition) is 1. The fourth-order valence-corrected chi connectivity index (χ4v) is 2.85. The largest absolute Gasteiger partial charge is 0.494 e. The zero-order valence-corrected chi connectivity index (χ0v) is 13.2. The van der Waals surface area contributed by atoms with Crippen molar-refractivity contribution in [2.24, 2.45) is 0 Å². The Bertz CT molecular complexity index is 522. The molecule has 0 fully saturated rings. The molecule has 108 valence electrons. The Labute approximate surface area is 125 Å². The van der Waals surface area contributed by atoms with Gasteiger partial charge in [-0.05, 0) is 38.1 Å². The van der Waals surface area contributed by atoms with Crippen LogP contribution < -0.4 is 10.1 Å². The Morgan fingerprint density at radius 3 is 2.55 bits per heavy atom. The van der Waals surface area contributed by atoms with Crippen molar-refractivity contribution in [2.75, 3.05) is 13.2 Å². The SMILES string of the molecule is CCNC(Cc1csc(C)n1)c1ccc(OCC)cc1. The molecule has 1 N–H and O–H groups in total. The van der Waals surface area contributed by atoms with E-state index in [1.54, 1.807) is 11.3 Å². The molecule has 20 heavy (non-hydrogen) atoms. The van der Waals surface area contributed by atoms with Gasteiger partial charge in [0.1, 0.15) is 5.75 Å². The fraction of sp³-hybridized carbons (Fsp3) is 0.438. The minimum absolute atomic E-state index is 0.303. The lowest BCUT2D eigenvalue weighted by molar-refractivity contribution is 0.340. The Morgan fingerprint density at radius 1 is 1.25 bits per heavy atom. The first-order chi connectivity index (χ1) is 9.72. The fourth-order valence-electron chi connectivity index (χ4n) is 2.23. The molecule has 3 nitrogen and oxygen atoms in total. The third-order valence-electron chi connectivity index (χ3n) is 3.12. The minimum atomic E-state index is 0.303. The third kappa shape index (κ3) is 4.05. The van der Waals surface area contributed by atoms with Gasteiger partial charge in [-0.15, -0.1) is 11.3 Å². The zero-order chi connectivity index (χ0) is 14.4. The highest BCUT2D eigenvalue weighted by Crippen LogP contribution is 2.22. The summed E-state index contributed by atoms with van der Waals surface area (Å²) in [6.07, 6.45) is 0.923. The third-order valence-corrected chi connectivity index (χ3v) is 3.95. The molecule has 0 aliphatic heterocycles. The first kappa shape index (κ1) is 15.0. The minimum Gasteiger partial charge on any atom is -0.494 e. The average molecular weight is 290 g/mol. The van der Waals surface area contributed by atoms with Crippen molar-refractivity contribution in [3.8, 4) is 5.75 Å². The molecule has 0 radical (unpaired) electrons. The van der Waals surface area contributed by atoms with Gasteiger partial charge < -0.3 is 10.1 Å². The van der Waals surface area contributed by atoms with Gasteiger partial charge in [0.05, 0.1) is 17.3 Å². The van der Waals surface area contributed by atoms with Crippen molar-refractivity contribution in [2.45, 2.75) is 33.2 Å². The molecule has 1 unspecified atom stereocenters. The number of nitrogens with zero attached hydrogens (tertiary/aromatic N) is 1. The van der Waals surface area contributed by atoms with Crippen LogP contribution in [-0.4, -0.2) is 18.1 Å². The summed E-state index contributed by atoms with van der Waals surface area (Å²) in [4.78, 5) is 4.56. The normalized spacial score (nSPS) is 12.3. The number of benzene rings is 1. The molecule has 1 aromatic carbocycles. The second-order valence-corrected chi connectivity index (χ2v) is 5.74. The molecule has 4 heteroatoms. The zero-order valence-electron chi connectivity index (χ0n) is 12.3.